The Hall–Kier alpha value is -1.07. The van der Waals surface area contributed by atoms with Crippen LogP contribution >= 0.6 is 11.3 Å². The van der Waals surface area contributed by atoms with Gasteiger partial charge in [0.15, 0.2) is 10.8 Å². The zero-order chi connectivity index (χ0) is 14.5. The molecular weight excluding hydrogens is 268 g/mol. The highest BCUT2D eigenvalue weighted by molar-refractivity contribution is 7.15. The number of imidazole rings is 1. The van der Waals surface area contributed by atoms with Gasteiger partial charge in [0.1, 0.15) is 0 Å². The highest BCUT2D eigenvalue weighted by Gasteiger charge is 2.21. The van der Waals surface area contributed by atoms with E-state index in [2.05, 4.69) is 41.6 Å². The van der Waals surface area contributed by atoms with Crippen molar-refractivity contribution in [2.45, 2.75) is 52.5 Å². The van der Waals surface area contributed by atoms with Crippen LogP contribution in [0, 0.1) is 0 Å². The molecule has 0 radical (unpaired) electrons. The molecule has 0 aliphatic carbocycles. The number of anilines is 1. The first-order valence-corrected chi connectivity index (χ1v) is 8.52. The smallest absolute Gasteiger partial charge is 0.195 e. The molecule has 0 amide bonds. The molecule has 0 saturated carbocycles. The average molecular weight is 294 g/mol. The summed E-state index contributed by atoms with van der Waals surface area (Å²) in [7, 11) is 0. The van der Waals surface area contributed by atoms with E-state index in [9.17, 15) is 0 Å². The Morgan fingerprint density at radius 3 is 2.90 bits per heavy atom. The lowest BCUT2D eigenvalue weighted by atomic mass is 10.1. The first-order valence-electron chi connectivity index (χ1n) is 7.64. The zero-order valence-electron chi connectivity index (χ0n) is 12.8. The quantitative estimate of drug-likeness (QED) is 0.812. The summed E-state index contributed by atoms with van der Waals surface area (Å²) in [5.41, 5.74) is 7.07. The maximum absolute atomic E-state index is 5.80. The molecule has 0 fully saturated rings. The summed E-state index contributed by atoms with van der Waals surface area (Å²) in [6, 6.07) is 0.516. The normalized spacial score (nSPS) is 13.0. The number of fused-ring (bicyclic) bond motifs is 1. The van der Waals surface area contributed by atoms with Crippen LogP contribution < -0.4 is 10.6 Å². The Morgan fingerprint density at radius 2 is 2.25 bits per heavy atom. The SMILES string of the molecule is CCCCN(c1nc2sccn2c1CCN)C(C)CC. The first-order chi connectivity index (χ1) is 9.72. The topological polar surface area (TPSA) is 46.6 Å². The summed E-state index contributed by atoms with van der Waals surface area (Å²) in [5.74, 6) is 1.14. The molecule has 1 unspecified atom stereocenters. The number of nitrogens with zero attached hydrogens (tertiary/aromatic N) is 3. The second-order valence-electron chi connectivity index (χ2n) is 5.28. The summed E-state index contributed by atoms with van der Waals surface area (Å²) in [5, 5.41) is 2.09. The van der Waals surface area contributed by atoms with Gasteiger partial charge < -0.3 is 10.6 Å². The monoisotopic (exact) mass is 294 g/mol. The third-order valence-electron chi connectivity index (χ3n) is 3.87. The van der Waals surface area contributed by atoms with Gasteiger partial charge in [-0.3, -0.25) is 4.40 Å². The fourth-order valence-corrected chi connectivity index (χ4v) is 3.23. The van der Waals surface area contributed by atoms with E-state index in [1.165, 1.54) is 18.5 Å². The van der Waals surface area contributed by atoms with Gasteiger partial charge >= 0.3 is 0 Å². The molecule has 0 bridgehead atoms. The van der Waals surface area contributed by atoms with Crippen LogP contribution in [0.5, 0.6) is 0 Å². The van der Waals surface area contributed by atoms with E-state index in [1.807, 2.05) is 0 Å². The number of nitrogens with two attached hydrogens (primary N) is 1. The van der Waals surface area contributed by atoms with Gasteiger partial charge in [0.05, 0.1) is 5.69 Å². The van der Waals surface area contributed by atoms with Crippen molar-refractivity contribution < 1.29 is 0 Å². The van der Waals surface area contributed by atoms with Crippen molar-refractivity contribution in [3.63, 3.8) is 0 Å². The van der Waals surface area contributed by atoms with Crippen molar-refractivity contribution in [2.24, 2.45) is 5.73 Å². The second-order valence-corrected chi connectivity index (χ2v) is 6.15. The van der Waals surface area contributed by atoms with E-state index in [1.54, 1.807) is 11.3 Å². The molecule has 2 rings (SSSR count). The van der Waals surface area contributed by atoms with E-state index >= 15 is 0 Å². The second kappa shape index (κ2) is 7.09. The van der Waals surface area contributed by atoms with E-state index in [4.69, 9.17) is 10.7 Å². The molecule has 2 aromatic heterocycles. The van der Waals surface area contributed by atoms with Gasteiger partial charge in [-0.15, -0.1) is 11.3 Å². The van der Waals surface area contributed by atoms with Crippen LogP contribution in [0.1, 0.15) is 45.7 Å². The van der Waals surface area contributed by atoms with E-state index in [0.29, 0.717) is 12.6 Å². The highest BCUT2D eigenvalue weighted by Crippen LogP contribution is 2.27. The zero-order valence-corrected chi connectivity index (χ0v) is 13.6. The Labute approximate surface area is 125 Å². The summed E-state index contributed by atoms with van der Waals surface area (Å²) < 4.78 is 2.20. The van der Waals surface area contributed by atoms with Crippen LogP contribution in [0.2, 0.25) is 0 Å². The van der Waals surface area contributed by atoms with Crippen LogP contribution in [0.3, 0.4) is 0 Å². The number of hydrogen-bond acceptors (Lipinski definition) is 4. The fraction of sp³-hybridized carbons (Fsp3) is 0.667. The molecule has 5 heteroatoms. The summed E-state index contributed by atoms with van der Waals surface area (Å²) in [6.45, 7) is 8.51. The molecule has 4 nitrogen and oxygen atoms in total. The van der Waals surface area contributed by atoms with Crippen molar-refractivity contribution >= 4 is 22.1 Å². The number of hydrogen-bond donors (Lipinski definition) is 1. The van der Waals surface area contributed by atoms with Crippen LogP contribution in [-0.2, 0) is 6.42 Å². The molecule has 112 valence electrons. The molecule has 2 heterocycles. The maximum atomic E-state index is 5.80. The minimum absolute atomic E-state index is 0.516. The molecule has 2 N–H and O–H groups in total. The van der Waals surface area contributed by atoms with Crippen molar-refractivity contribution in [3.05, 3.63) is 17.3 Å². The van der Waals surface area contributed by atoms with Gasteiger partial charge in [-0.1, -0.05) is 20.3 Å². The van der Waals surface area contributed by atoms with Gasteiger partial charge in [-0.2, -0.15) is 0 Å². The number of thiazole rings is 1. The number of unbranched alkanes of at least 4 members (excludes halogenated alkanes) is 1. The molecular formula is C15H26N4S. The summed E-state index contributed by atoms with van der Waals surface area (Å²) in [4.78, 5) is 8.41. The Kier molecular flexibility index (Phi) is 5.43. The lowest BCUT2D eigenvalue weighted by molar-refractivity contribution is 0.588. The molecule has 2 aromatic rings. The van der Waals surface area contributed by atoms with E-state index in [0.717, 1.165) is 30.2 Å². The van der Waals surface area contributed by atoms with Gasteiger partial charge in [0, 0.05) is 30.6 Å². The van der Waals surface area contributed by atoms with Crippen LogP contribution in [-0.4, -0.2) is 28.5 Å². The molecule has 0 aliphatic heterocycles. The minimum Gasteiger partial charge on any atom is -0.352 e. The van der Waals surface area contributed by atoms with Crippen molar-refractivity contribution in [3.8, 4) is 0 Å². The molecule has 1 atom stereocenters. The lowest BCUT2D eigenvalue weighted by Crippen LogP contribution is -2.34. The molecule has 0 saturated heterocycles. The van der Waals surface area contributed by atoms with Crippen molar-refractivity contribution in [1.29, 1.82) is 0 Å². The average Bonchev–Trinajstić information content (AvgIpc) is 3.02. The Balaban J connectivity index is 2.39. The molecule has 0 aliphatic rings. The molecule has 0 spiro atoms. The Bertz CT molecular complexity index is 531. The number of aromatic nitrogens is 2. The van der Waals surface area contributed by atoms with Crippen molar-refractivity contribution in [2.75, 3.05) is 18.0 Å². The first kappa shape index (κ1) is 15.3. The maximum Gasteiger partial charge on any atom is 0.195 e. The van der Waals surface area contributed by atoms with Crippen molar-refractivity contribution in [1.82, 2.24) is 9.38 Å². The van der Waals surface area contributed by atoms with E-state index in [-0.39, 0.29) is 0 Å². The molecule has 20 heavy (non-hydrogen) atoms. The van der Waals surface area contributed by atoms with Gasteiger partial charge in [-0.05, 0) is 26.3 Å². The fourth-order valence-electron chi connectivity index (χ4n) is 2.50. The van der Waals surface area contributed by atoms with Crippen LogP contribution in [0.15, 0.2) is 11.6 Å². The largest absolute Gasteiger partial charge is 0.352 e. The standard InChI is InChI=1S/C15H26N4S/c1-4-6-9-18(12(3)5-2)14-13(7-8-16)19-10-11-20-15(19)17-14/h10-12H,4-9,16H2,1-3H3. The number of rotatable bonds is 8. The lowest BCUT2D eigenvalue weighted by Gasteiger charge is -2.29. The van der Waals surface area contributed by atoms with Gasteiger partial charge in [0.25, 0.3) is 0 Å². The summed E-state index contributed by atoms with van der Waals surface area (Å²) in [6.07, 6.45) is 6.54. The van der Waals surface area contributed by atoms with Crippen LogP contribution in [0.4, 0.5) is 5.82 Å². The van der Waals surface area contributed by atoms with Crippen LogP contribution in [0.25, 0.3) is 4.96 Å². The van der Waals surface area contributed by atoms with Gasteiger partial charge in [0.2, 0.25) is 0 Å². The third kappa shape index (κ3) is 2.99. The Morgan fingerprint density at radius 1 is 1.45 bits per heavy atom. The van der Waals surface area contributed by atoms with Gasteiger partial charge in [-0.25, -0.2) is 4.98 Å². The molecule has 0 aromatic carbocycles. The minimum atomic E-state index is 0.516. The third-order valence-corrected chi connectivity index (χ3v) is 4.63. The summed E-state index contributed by atoms with van der Waals surface area (Å²) >= 11 is 1.69. The highest BCUT2D eigenvalue weighted by atomic mass is 32.1. The predicted molar refractivity (Wildman–Crippen MR) is 87.8 cm³/mol. The predicted octanol–water partition coefficient (Wildman–Crippen LogP) is 3.30. The van der Waals surface area contributed by atoms with E-state index < -0.39 is 0 Å².